The summed E-state index contributed by atoms with van der Waals surface area (Å²) >= 11 is 0. The molecule has 0 aromatic heterocycles. The monoisotopic (exact) mass is 383 g/mol. The third-order valence-electron chi connectivity index (χ3n) is 5.34. The van der Waals surface area contributed by atoms with Crippen LogP contribution in [0.1, 0.15) is 110 Å². The Balaban J connectivity index is 3.53. The summed E-state index contributed by atoms with van der Waals surface area (Å²) in [6.07, 6.45) is 21.6. The van der Waals surface area contributed by atoms with Crippen LogP contribution in [0.15, 0.2) is 12.2 Å². The number of hydrogen-bond donors (Lipinski definition) is 3. The Morgan fingerprint density at radius 2 is 1.22 bits per heavy atom. The molecular formula is C23H45NO3. The first-order chi connectivity index (χ1) is 13.1. The molecule has 0 amide bonds. The zero-order chi connectivity index (χ0) is 20.2. The maximum atomic E-state index is 12.2. The van der Waals surface area contributed by atoms with Gasteiger partial charge in [-0.15, -0.1) is 0 Å². The van der Waals surface area contributed by atoms with Crippen LogP contribution in [-0.4, -0.2) is 34.7 Å². The molecule has 27 heavy (non-hydrogen) atoms. The third kappa shape index (κ3) is 15.0. The van der Waals surface area contributed by atoms with Crippen LogP contribution in [0, 0.1) is 0 Å². The average molecular weight is 384 g/mol. The van der Waals surface area contributed by atoms with Crippen LogP contribution in [0.25, 0.3) is 0 Å². The van der Waals surface area contributed by atoms with E-state index in [2.05, 4.69) is 19.1 Å². The molecule has 0 aliphatic carbocycles. The molecule has 0 heterocycles. The second-order valence-corrected chi connectivity index (χ2v) is 7.86. The predicted molar refractivity (Wildman–Crippen MR) is 115 cm³/mol. The van der Waals surface area contributed by atoms with Crippen molar-refractivity contribution in [3.05, 3.63) is 12.2 Å². The molecule has 0 saturated heterocycles. The van der Waals surface area contributed by atoms with Crippen molar-refractivity contribution in [2.24, 2.45) is 5.73 Å². The second kappa shape index (κ2) is 18.6. The number of carbonyl (C=O) groups is 1. The molecule has 0 fully saturated rings. The van der Waals surface area contributed by atoms with Crippen LogP contribution in [0.5, 0.6) is 0 Å². The molecule has 4 heteroatoms. The van der Waals surface area contributed by atoms with E-state index in [9.17, 15) is 4.79 Å². The fraction of sp³-hybridized carbons (Fsp3) is 0.870. The molecule has 4 nitrogen and oxygen atoms in total. The molecule has 0 saturated carbocycles. The summed E-state index contributed by atoms with van der Waals surface area (Å²) in [6, 6.07) is 0. The maximum absolute atomic E-state index is 12.2. The summed E-state index contributed by atoms with van der Waals surface area (Å²) in [4.78, 5) is 12.2. The number of aliphatic hydroxyl groups excluding tert-OH is 2. The fourth-order valence-electron chi connectivity index (χ4n) is 3.41. The Bertz CT molecular complexity index is 363. The van der Waals surface area contributed by atoms with Crippen molar-refractivity contribution in [2.45, 2.75) is 115 Å². The number of aliphatic hydroxyl groups is 2. The van der Waals surface area contributed by atoms with Gasteiger partial charge in [-0.3, -0.25) is 4.79 Å². The number of allylic oxidation sites excluding steroid dienone is 2. The van der Waals surface area contributed by atoms with Gasteiger partial charge in [-0.1, -0.05) is 70.4 Å². The standard InChI is InChI=1S/C23H45NO3/c1-2-3-4-5-6-7-8-9-10-11-12-13-14-15-16-17-22(27)23(24,18-20-25)19-21-26/h9-10,25-26H,2-8,11-21,24H2,1H3. The largest absolute Gasteiger partial charge is 0.396 e. The summed E-state index contributed by atoms with van der Waals surface area (Å²) in [5, 5.41) is 18.1. The van der Waals surface area contributed by atoms with E-state index in [-0.39, 0.29) is 31.8 Å². The van der Waals surface area contributed by atoms with Gasteiger partial charge in [0.1, 0.15) is 0 Å². The van der Waals surface area contributed by atoms with Gasteiger partial charge in [0, 0.05) is 19.6 Å². The molecule has 0 radical (unpaired) electrons. The predicted octanol–water partition coefficient (Wildman–Crippen LogP) is 5.06. The van der Waals surface area contributed by atoms with Gasteiger partial charge < -0.3 is 15.9 Å². The van der Waals surface area contributed by atoms with Crippen molar-refractivity contribution in [2.75, 3.05) is 13.2 Å². The maximum Gasteiger partial charge on any atom is 0.152 e. The van der Waals surface area contributed by atoms with E-state index in [1.54, 1.807) is 0 Å². The number of rotatable bonds is 20. The van der Waals surface area contributed by atoms with E-state index < -0.39 is 5.54 Å². The van der Waals surface area contributed by atoms with Crippen molar-refractivity contribution in [1.82, 2.24) is 0 Å². The number of ketones is 1. The highest BCUT2D eigenvalue weighted by molar-refractivity contribution is 5.88. The molecular weight excluding hydrogens is 338 g/mol. The minimum absolute atomic E-state index is 0.0248. The molecule has 0 aliphatic rings. The molecule has 160 valence electrons. The minimum Gasteiger partial charge on any atom is -0.396 e. The molecule has 4 N–H and O–H groups in total. The third-order valence-corrected chi connectivity index (χ3v) is 5.34. The first-order valence-electron chi connectivity index (χ1n) is 11.3. The fourth-order valence-corrected chi connectivity index (χ4v) is 3.41. The number of unbranched alkanes of at least 4 members (excludes halogenated alkanes) is 11. The van der Waals surface area contributed by atoms with E-state index >= 15 is 0 Å². The summed E-state index contributed by atoms with van der Waals surface area (Å²) < 4.78 is 0. The van der Waals surface area contributed by atoms with E-state index in [1.165, 1.54) is 57.8 Å². The summed E-state index contributed by atoms with van der Waals surface area (Å²) in [6.45, 7) is 2.02. The van der Waals surface area contributed by atoms with Crippen LogP contribution in [-0.2, 0) is 4.79 Å². The van der Waals surface area contributed by atoms with Crippen LogP contribution in [0.2, 0.25) is 0 Å². The average Bonchev–Trinajstić information content (AvgIpc) is 2.65. The Morgan fingerprint density at radius 1 is 0.778 bits per heavy atom. The molecule has 0 unspecified atom stereocenters. The van der Waals surface area contributed by atoms with Gasteiger partial charge in [-0.25, -0.2) is 0 Å². The van der Waals surface area contributed by atoms with E-state index in [1.807, 2.05) is 0 Å². The van der Waals surface area contributed by atoms with Crippen LogP contribution in [0.3, 0.4) is 0 Å². The van der Waals surface area contributed by atoms with Gasteiger partial charge in [0.05, 0.1) is 5.54 Å². The Kier molecular flexibility index (Phi) is 18.2. The van der Waals surface area contributed by atoms with Gasteiger partial charge in [-0.2, -0.15) is 0 Å². The number of carbonyl (C=O) groups excluding carboxylic acids is 1. The lowest BCUT2D eigenvalue weighted by molar-refractivity contribution is -0.125. The molecule has 0 spiro atoms. The van der Waals surface area contributed by atoms with Crippen LogP contribution in [0.4, 0.5) is 0 Å². The van der Waals surface area contributed by atoms with Crippen LogP contribution < -0.4 is 5.73 Å². The number of Topliss-reactive ketones (excluding diaryl/α,β-unsaturated/α-hetero) is 1. The Hall–Kier alpha value is -0.710. The van der Waals surface area contributed by atoms with Crippen molar-refractivity contribution in [3.8, 4) is 0 Å². The first-order valence-corrected chi connectivity index (χ1v) is 11.3. The highest BCUT2D eigenvalue weighted by atomic mass is 16.3. The van der Waals surface area contributed by atoms with Gasteiger partial charge in [0.15, 0.2) is 5.78 Å². The Morgan fingerprint density at radius 3 is 1.70 bits per heavy atom. The smallest absolute Gasteiger partial charge is 0.152 e. The minimum atomic E-state index is -1.05. The summed E-state index contributed by atoms with van der Waals surface area (Å²) in [5.41, 5.74) is 4.99. The molecule has 0 atom stereocenters. The lowest BCUT2D eigenvalue weighted by Gasteiger charge is -2.26. The number of nitrogens with two attached hydrogens (primary N) is 1. The van der Waals surface area contributed by atoms with E-state index in [0.717, 1.165) is 25.7 Å². The topological polar surface area (TPSA) is 83.6 Å². The zero-order valence-electron chi connectivity index (χ0n) is 17.8. The first kappa shape index (κ1) is 26.3. The SMILES string of the molecule is CCCCCCCCC=CCCCCCCCC(=O)C(N)(CCO)CCO. The van der Waals surface area contributed by atoms with Gasteiger partial charge >= 0.3 is 0 Å². The quantitative estimate of drug-likeness (QED) is 0.203. The van der Waals surface area contributed by atoms with Gasteiger partial charge in [0.25, 0.3) is 0 Å². The summed E-state index contributed by atoms with van der Waals surface area (Å²) in [5.74, 6) is -0.0248. The van der Waals surface area contributed by atoms with Crippen molar-refractivity contribution in [1.29, 1.82) is 0 Å². The van der Waals surface area contributed by atoms with Crippen LogP contribution >= 0.6 is 0 Å². The lowest BCUT2D eigenvalue weighted by Crippen LogP contribution is -2.49. The van der Waals surface area contributed by atoms with Crippen molar-refractivity contribution in [3.63, 3.8) is 0 Å². The van der Waals surface area contributed by atoms with Crippen molar-refractivity contribution >= 4 is 5.78 Å². The Labute approximate surface area is 167 Å². The second-order valence-electron chi connectivity index (χ2n) is 7.86. The lowest BCUT2D eigenvalue weighted by atomic mass is 9.85. The molecule has 0 aliphatic heterocycles. The molecule has 0 aromatic carbocycles. The van der Waals surface area contributed by atoms with E-state index in [0.29, 0.717) is 6.42 Å². The molecule has 0 bridgehead atoms. The highest BCUT2D eigenvalue weighted by Crippen LogP contribution is 2.18. The van der Waals surface area contributed by atoms with Crippen molar-refractivity contribution < 1.29 is 15.0 Å². The van der Waals surface area contributed by atoms with Gasteiger partial charge in [-0.05, 0) is 44.9 Å². The van der Waals surface area contributed by atoms with Gasteiger partial charge in [0.2, 0.25) is 0 Å². The summed E-state index contributed by atoms with van der Waals surface area (Å²) in [7, 11) is 0. The number of hydrogen-bond acceptors (Lipinski definition) is 4. The molecule has 0 rings (SSSR count). The normalized spacial score (nSPS) is 12.1. The molecule has 0 aromatic rings. The van der Waals surface area contributed by atoms with E-state index in [4.69, 9.17) is 15.9 Å². The zero-order valence-corrected chi connectivity index (χ0v) is 17.8. The highest BCUT2D eigenvalue weighted by Gasteiger charge is 2.31.